The van der Waals surface area contributed by atoms with Gasteiger partial charge in [0, 0.05) is 24.2 Å². The number of aryl methyl sites for hydroxylation is 3. The first-order chi connectivity index (χ1) is 8.51. The SMILES string of the molecule is CNC(C)c1c(C)c2cc(C)cc(OC)c2n1C. The van der Waals surface area contributed by atoms with Crippen LogP contribution in [0.4, 0.5) is 0 Å². The minimum absolute atomic E-state index is 0.326. The summed E-state index contributed by atoms with van der Waals surface area (Å²) in [7, 11) is 5.83. The van der Waals surface area contributed by atoms with E-state index in [0.717, 1.165) is 5.75 Å². The van der Waals surface area contributed by atoms with E-state index in [0.29, 0.717) is 6.04 Å². The molecule has 0 radical (unpaired) electrons. The molecule has 0 aliphatic rings. The fraction of sp³-hybridized carbons (Fsp3) is 0.467. The minimum atomic E-state index is 0.326. The summed E-state index contributed by atoms with van der Waals surface area (Å²) in [6.45, 7) is 6.47. The number of rotatable bonds is 3. The summed E-state index contributed by atoms with van der Waals surface area (Å²) in [6, 6.07) is 4.65. The van der Waals surface area contributed by atoms with Gasteiger partial charge in [0.1, 0.15) is 5.75 Å². The highest BCUT2D eigenvalue weighted by Crippen LogP contribution is 2.35. The number of ether oxygens (including phenoxy) is 1. The standard InChI is InChI=1S/C15H22N2O/c1-9-7-12-10(2)14(11(3)16-4)17(5)15(12)13(8-9)18-6/h7-8,11,16H,1-6H3. The average molecular weight is 246 g/mol. The summed E-state index contributed by atoms with van der Waals surface area (Å²) < 4.78 is 7.77. The van der Waals surface area contributed by atoms with Gasteiger partial charge in [-0.05, 0) is 51.1 Å². The minimum Gasteiger partial charge on any atom is -0.495 e. The van der Waals surface area contributed by atoms with E-state index in [1.807, 2.05) is 7.05 Å². The number of hydrogen-bond donors (Lipinski definition) is 1. The number of fused-ring (bicyclic) bond motifs is 1. The quantitative estimate of drug-likeness (QED) is 0.900. The predicted molar refractivity (Wildman–Crippen MR) is 76.4 cm³/mol. The zero-order valence-electron chi connectivity index (χ0n) is 12.1. The number of nitrogens with zero attached hydrogens (tertiary/aromatic N) is 1. The highest BCUT2D eigenvalue weighted by atomic mass is 16.5. The lowest BCUT2D eigenvalue weighted by Crippen LogP contribution is -2.16. The number of benzene rings is 1. The highest BCUT2D eigenvalue weighted by molar-refractivity contribution is 5.91. The Morgan fingerprint density at radius 1 is 1.28 bits per heavy atom. The Bertz CT molecular complexity index is 584. The van der Waals surface area contributed by atoms with Crippen LogP contribution in [0.5, 0.6) is 5.75 Å². The molecule has 1 aromatic carbocycles. The third kappa shape index (κ3) is 1.79. The van der Waals surface area contributed by atoms with Crippen LogP contribution >= 0.6 is 0 Å². The topological polar surface area (TPSA) is 26.2 Å². The van der Waals surface area contributed by atoms with Gasteiger partial charge in [-0.3, -0.25) is 0 Å². The zero-order valence-corrected chi connectivity index (χ0v) is 12.1. The Balaban J connectivity index is 2.85. The van der Waals surface area contributed by atoms with Gasteiger partial charge < -0.3 is 14.6 Å². The fourth-order valence-corrected chi connectivity index (χ4v) is 2.79. The first-order valence-corrected chi connectivity index (χ1v) is 6.32. The van der Waals surface area contributed by atoms with E-state index in [-0.39, 0.29) is 0 Å². The maximum absolute atomic E-state index is 5.53. The molecule has 98 valence electrons. The number of nitrogens with one attached hydrogen (secondary N) is 1. The van der Waals surface area contributed by atoms with Crippen molar-refractivity contribution in [3.05, 3.63) is 29.0 Å². The summed E-state index contributed by atoms with van der Waals surface area (Å²) in [4.78, 5) is 0. The summed E-state index contributed by atoms with van der Waals surface area (Å²) in [6.07, 6.45) is 0. The van der Waals surface area contributed by atoms with Crippen LogP contribution in [0.3, 0.4) is 0 Å². The first kappa shape index (κ1) is 13.0. The molecule has 0 aliphatic carbocycles. The maximum Gasteiger partial charge on any atom is 0.143 e. The van der Waals surface area contributed by atoms with Crippen molar-refractivity contribution >= 4 is 10.9 Å². The van der Waals surface area contributed by atoms with Crippen LogP contribution in [-0.2, 0) is 7.05 Å². The second-order valence-corrected chi connectivity index (χ2v) is 4.94. The lowest BCUT2D eigenvalue weighted by molar-refractivity contribution is 0.417. The van der Waals surface area contributed by atoms with Crippen molar-refractivity contribution in [2.24, 2.45) is 7.05 Å². The predicted octanol–water partition coefficient (Wildman–Crippen LogP) is 3.08. The van der Waals surface area contributed by atoms with Crippen molar-refractivity contribution in [3.8, 4) is 5.75 Å². The Morgan fingerprint density at radius 3 is 2.50 bits per heavy atom. The molecule has 1 aromatic heterocycles. The molecule has 0 spiro atoms. The largest absolute Gasteiger partial charge is 0.495 e. The van der Waals surface area contributed by atoms with E-state index in [1.165, 1.54) is 27.7 Å². The van der Waals surface area contributed by atoms with Gasteiger partial charge in [-0.2, -0.15) is 0 Å². The third-order valence-electron chi connectivity index (χ3n) is 3.77. The van der Waals surface area contributed by atoms with Gasteiger partial charge in [-0.15, -0.1) is 0 Å². The number of hydrogen-bond acceptors (Lipinski definition) is 2. The van der Waals surface area contributed by atoms with Gasteiger partial charge in [0.15, 0.2) is 0 Å². The van der Waals surface area contributed by atoms with Crippen molar-refractivity contribution in [2.75, 3.05) is 14.2 Å². The molecule has 2 rings (SSSR count). The van der Waals surface area contributed by atoms with E-state index in [9.17, 15) is 0 Å². The molecule has 0 bridgehead atoms. The summed E-state index contributed by atoms with van der Waals surface area (Å²) in [5.74, 6) is 0.949. The number of aromatic nitrogens is 1. The molecule has 0 amide bonds. The van der Waals surface area contributed by atoms with E-state index in [2.05, 4.69) is 49.8 Å². The number of methoxy groups -OCH3 is 1. The second kappa shape index (κ2) is 4.65. The molecule has 3 nitrogen and oxygen atoms in total. The van der Waals surface area contributed by atoms with Gasteiger partial charge in [0.2, 0.25) is 0 Å². The molecule has 18 heavy (non-hydrogen) atoms. The Kier molecular flexibility index (Phi) is 3.35. The van der Waals surface area contributed by atoms with E-state index in [1.54, 1.807) is 7.11 Å². The smallest absolute Gasteiger partial charge is 0.143 e. The summed E-state index contributed by atoms with van der Waals surface area (Å²) in [5.41, 5.74) is 5.06. The van der Waals surface area contributed by atoms with Crippen molar-refractivity contribution in [3.63, 3.8) is 0 Å². The zero-order chi connectivity index (χ0) is 13.4. The van der Waals surface area contributed by atoms with Crippen LogP contribution < -0.4 is 10.1 Å². The van der Waals surface area contributed by atoms with Crippen LogP contribution in [0.15, 0.2) is 12.1 Å². The fourth-order valence-electron chi connectivity index (χ4n) is 2.79. The average Bonchev–Trinajstić information content (AvgIpc) is 2.60. The molecule has 3 heteroatoms. The lowest BCUT2D eigenvalue weighted by atomic mass is 10.1. The lowest BCUT2D eigenvalue weighted by Gasteiger charge is -2.14. The van der Waals surface area contributed by atoms with Gasteiger partial charge >= 0.3 is 0 Å². The molecule has 1 unspecified atom stereocenters. The Morgan fingerprint density at radius 2 is 1.94 bits per heavy atom. The van der Waals surface area contributed by atoms with Crippen molar-refractivity contribution in [1.82, 2.24) is 9.88 Å². The van der Waals surface area contributed by atoms with Gasteiger partial charge in [-0.25, -0.2) is 0 Å². The Hall–Kier alpha value is -1.48. The Labute approximate surface area is 109 Å². The molecule has 0 saturated carbocycles. The molecular formula is C15H22N2O. The van der Waals surface area contributed by atoms with Crippen LogP contribution in [0, 0.1) is 13.8 Å². The molecule has 1 heterocycles. The van der Waals surface area contributed by atoms with E-state index in [4.69, 9.17) is 4.74 Å². The summed E-state index contributed by atoms with van der Waals surface area (Å²) >= 11 is 0. The molecule has 2 aromatic rings. The monoisotopic (exact) mass is 246 g/mol. The van der Waals surface area contributed by atoms with Gasteiger partial charge in [0.05, 0.1) is 12.6 Å². The van der Waals surface area contributed by atoms with E-state index >= 15 is 0 Å². The van der Waals surface area contributed by atoms with Gasteiger partial charge in [-0.1, -0.05) is 0 Å². The second-order valence-electron chi connectivity index (χ2n) is 4.94. The van der Waals surface area contributed by atoms with Crippen LogP contribution in [0.1, 0.15) is 29.8 Å². The molecule has 0 saturated heterocycles. The van der Waals surface area contributed by atoms with Crippen molar-refractivity contribution < 1.29 is 4.74 Å². The normalized spacial score (nSPS) is 13.0. The summed E-state index contributed by atoms with van der Waals surface area (Å²) in [5, 5.41) is 4.60. The maximum atomic E-state index is 5.53. The first-order valence-electron chi connectivity index (χ1n) is 6.32. The van der Waals surface area contributed by atoms with Crippen LogP contribution in [0.2, 0.25) is 0 Å². The molecular weight excluding hydrogens is 224 g/mol. The van der Waals surface area contributed by atoms with Crippen LogP contribution in [-0.4, -0.2) is 18.7 Å². The van der Waals surface area contributed by atoms with Crippen molar-refractivity contribution in [1.29, 1.82) is 0 Å². The molecule has 1 atom stereocenters. The highest BCUT2D eigenvalue weighted by Gasteiger charge is 2.18. The van der Waals surface area contributed by atoms with Gasteiger partial charge in [0.25, 0.3) is 0 Å². The molecule has 1 N–H and O–H groups in total. The third-order valence-corrected chi connectivity index (χ3v) is 3.77. The van der Waals surface area contributed by atoms with E-state index < -0.39 is 0 Å². The van der Waals surface area contributed by atoms with Crippen molar-refractivity contribution in [2.45, 2.75) is 26.8 Å². The molecule has 0 aliphatic heterocycles. The molecule has 0 fully saturated rings. The van der Waals surface area contributed by atoms with Crippen LogP contribution in [0.25, 0.3) is 10.9 Å².